The fourth-order valence-electron chi connectivity index (χ4n) is 2.65. The van der Waals surface area contributed by atoms with E-state index >= 15 is 0 Å². The van der Waals surface area contributed by atoms with E-state index in [1.165, 1.54) is 0 Å². The Morgan fingerprint density at radius 2 is 1.83 bits per heavy atom. The highest BCUT2D eigenvalue weighted by Gasteiger charge is 2.35. The topological polar surface area (TPSA) is 86.5 Å². The number of benzene rings is 1. The van der Waals surface area contributed by atoms with E-state index in [4.69, 9.17) is 15.2 Å². The standard InChI is InChI=1S/C21H26F3N3O3/c1-20(2,3)30-19(28)26-11-6-12-29-13-14-7-4-5-8-15(14)18-16(21(22,23)24)9-10-17(25)27-18/h4-5,7-10H,6,11-13H2,1-3H3,(H2,25,27)(H,26,28). The van der Waals surface area contributed by atoms with Gasteiger partial charge in [-0.3, -0.25) is 0 Å². The molecular formula is C21H26F3N3O3. The second-order valence-electron chi connectivity index (χ2n) is 7.62. The van der Waals surface area contributed by atoms with Crippen LogP contribution in [-0.4, -0.2) is 29.8 Å². The lowest BCUT2D eigenvalue weighted by Crippen LogP contribution is -2.33. The molecule has 0 saturated heterocycles. The highest BCUT2D eigenvalue weighted by molar-refractivity contribution is 5.69. The maximum atomic E-state index is 13.4. The summed E-state index contributed by atoms with van der Waals surface area (Å²) in [6, 6.07) is 8.64. The molecule has 0 aliphatic heterocycles. The van der Waals surface area contributed by atoms with E-state index in [0.29, 0.717) is 30.7 Å². The first kappa shape index (κ1) is 23.5. The Morgan fingerprint density at radius 1 is 1.13 bits per heavy atom. The summed E-state index contributed by atoms with van der Waals surface area (Å²) in [7, 11) is 0. The van der Waals surface area contributed by atoms with Crippen molar-refractivity contribution in [3.8, 4) is 11.3 Å². The highest BCUT2D eigenvalue weighted by Crippen LogP contribution is 2.37. The number of nitrogens with zero attached hydrogens (tertiary/aromatic N) is 1. The van der Waals surface area contributed by atoms with Crippen LogP contribution in [0.15, 0.2) is 36.4 Å². The molecule has 1 heterocycles. The van der Waals surface area contributed by atoms with E-state index in [0.717, 1.165) is 12.1 Å². The van der Waals surface area contributed by atoms with Gasteiger partial charge >= 0.3 is 12.3 Å². The number of amides is 1. The Kier molecular flexibility index (Phi) is 7.66. The number of hydrogen-bond acceptors (Lipinski definition) is 5. The largest absolute Gasteiger partial charge is 0.444 e. The van der Waals surface area contributed by atoms with Gasteiger partial charge in [0.15, 0.2) is 0 Å². The van der Waals surface area contributed by atoms with Gasteiger partial charge in [-0.1, -0.05) is 24.3 Å². The van der Waals surface area contributed by atoms with Gasteiger partial charge in [-0.05, 0) is 44.9 Å². The van der Waals surface area contributed by atoms with E-state index in [9.17, 15) is 18.0 Å². The molecular weight excluding hydrogens is 399 g/mol. The van der Waals surface area contributed by atoms with E-state index in [-0.39, 0.29) is 18.1 Å². The quantitative estimate of drug-likeness (QED) is 0.624. The number of pyridine rings is 1. The van der Waals surface area contributed by atoms with Gasteiger partial charge in [0.05, 0.1) is 17.9 Å². The van der Waals surface area contributed by atoms with Gasteiger partial charge in [0, 0.05) is 18.7 Å². The van der Waals surface area contributed by atoms with Gasteiger partial charge in [0.2, 0.25) is 0 Å². The molecule has 1 amide bonds. The van der Waals surface area contributed by atoms with Gasteiger partial charge in [-0.2, -0.15) is 13.2 Å². The second-order valence-corrected chi connectivity index (χ2v) is 7.62. The molecule has 0 radical (unpaired) electrons. The molecule has 164 valence electrons. The lowest BCUT2D eigenvalue weighted by molar-refractivity contribution is -0.137. The molecule has 2 rings (SSSR count). The van der Waals surface area contributed by atoms with Crippen molar-refractivity contribution in [2.45, 2.75) is 45.6 Å². The first-order valence-corrected chi connectivity index (χ1v) is 9.44. The number of ether oxygens (including phenoxy) is 2. The molecule has 6 nitrogen and oxygen atoms in total. The summed E-state index contributed by atoms with van der Waals surface area (Å²) in [6.45, 7) is 6.06. The summed E-state index contributed by atoms with van der Waals surface area (Å²) in [5, 5.41) is 2.62. The van der Waals surface area contributed by atoms with Crippen LogP contribution in [0.2, 0.25) is 0 Å². The van der Waals surface area contributed by atoms with Crippen molar-refractivity contribution in [3.05, 3.63) is 47.5 Å². The van der Waals surface area contributed by atoms with Gasteiger partial charge in [-0.15, -0.1) is 0 Å². The third kappa shape index (κ3) is 7.22. The molecule has 9 heteroatoms. The Labute approximate surface area is 173 Å². The molecule has 0 aliphatic carbocycles. The molecule has 1 aromatic carbocycles. The normalized spacial score (nSPS) is 11.9. The monoisotopic (exact) mass is 425 g/mol. The van der Waals surface area contributed by atoms with Crippen molar-refractivity contribution in [2.24, 2.45) is 0 Å². The van der Waals surface area contributed by atoms with Gasteiger partial charge in [0.25, 0.3) is 0 Å². The Morgan fingerprint density at radius 3 is 2.50 bits per heavy atom. The van der Waals surface area contributed by atoms with Crippen molar-refractivity contribution >= 4 is 11.9 Å². The third-order valence-electron chi connectivity index (χ3n) is 3.89. The molecule has 0 aliphatic rings. The minimum atomic E-state index is -4.56. The molecule has 3 N–H and O–H groups in total. The molecule has 0 unspecified atom stereocenters. The first-order valence-electron chi connectivity index (χ1n) is 9.44. The molecule has 0 bridgehead atoms. The van der Waals surface area contributed by atoms with Crippen LogP contribution in [0.3, 0.4) is 0 Å². The maximum absolute atomic E-state index is 13.4. The van der Waals surface area contributed by atoms with Gasteiger partial charge in [-0.25, -0.2) is 9.78 Å². The Bertz CT molecular complexity index is 865. The summed E-state index contributed by atoms with van der Waals surface area (Å²) in [4.78, 5) is 15.5. The Hall–Kier alpha value is -2.81. The number of anilines is 1. The van der Waals surface area contributed by atoms with E-state index in [1.54, 1.807) is 45.0 Å². The number of nitrogens with one attached hydrogen (secondary N) is 1. The van der Waals surface area contributed by atoms with Crippen LogP contribution in [0.4, 0.5) is 23.8 Å². The predicted molar refractivity (Wildman–Crippen MR) is 108 cm³/mol. The molecule has 0 fully saturated rings. The SMILES string of the molecule is CC(C)(C)OC(=O)NCCCOCc1ccccc1-c1nc(N)ccc1C(F)(F)F. The smallest absolute Gasteiger partial charge is 0.418 e. The number of nitrogens with two attached hydrogens (primary N) is 1. The molecule has 2 aromatic rings. The molecule has 1 aromatic heterocycles. The van der Waals surface area contributed by atoms with Crippen molar-refractivity contribution < 1.29 is 27.4 Å². The zero-order valence-electron chi connectivity index (χ0n) is 17.2. The van der Waals surface area contributed by atoms with Crippen LogP contribution >= 0.6 is 0 Å². The lowest BCUT2D eigenvalue weighted by Gasteiger charge is -2.19. The number of carbonyl (C=O) groups excluding carboxylic acids is 1. The van der Waals surface area contributed by atoms with Crippen molar-refractivity contribution in [2.75, 3.05) is 18.9 Å². The number of carbonyl (C=O) groups is 1. The van der Waals surface area contributed by atoms with Crippen LogP contribution < -0.4 is 11.1 Å². The second kappa shape index (κ2) is 9.80. The van der Waals surface area contributed by atoms with Crippen LogP contribution in [0.5, 0.6) is 0 Å². The number of nitrogen functional groups attached to an aromatic ring is 1. The average molecular weight is 425 g/mol. The highest BCUT2D eigenvalue weighted by atomic mass is 19.4. The number of hydrogen-bond donors (Lipinski definition) is 2. The first-order chi connectivity index (χ1) is 14.0. The fourth-order valence-corrected chi connectivity index (χ4v) is 2.65. The Balaban J connectivity index is 1.98. The van der Waals surface area contributed by atoms with E-state index in [2.05, 4.69) is 10.3 Å². The zero-order chi connectivity index (χ0) is 22.4. The summed E-state index contributed by atoms with van der Waals surface area (Å²) >= 11 is 0. The summed E-state index contributed by atoms with van der Waals surface area (Å²) < 4.78 is 50.9. The van der Waals surface area contributed by atoms with Crippen LogP contribution in [0.25, 0.3) is 11.3 Å². The zero-order valence-corrected chi connectivity index (χ0v) is 17.2. The summed E-state index contributed by atoms with van der Waals surface area (Å²) in [6.07, 6.45) is -4.55. The minimum Gasteiger partial charge on any atom is -0.444 e. The summed E-state index contributed by atoms with van der Waals surface area (Å²) in [5.41, 5.74) is 4.83. The van der Waals surface area contributed by atoms with Gasteiger partial charge in [0.1, 0.15) is 11.4 Å². The number of halogens is 3. The number of rotatable bonds is 7. The van der Waals surface area contributed by atoms with Crippen LogP contribution in [0, 0.1) is 0 Å². The number of aromatic nitrogens is 1. The molecule has 0 saturated carbocycles. The minimum absolute atomic E-state index is 0.00180. The van der Waals surface area contributed by atoms with Crippen molar-refractivity contribution in [1.82, 2.24) is 10.3 Å². The predicted octanol–water partition coefficient (Wildman–Crippen LogP) is 4.78. The molecule has 0 atom stereocenters. The summed E-state index contributed by atoms with van der Waals surface area (Å²) in [5.74, 6) is 0.00180. The van der Waals surface area contributed by atoms with Gasteiger partial charge < -0.3 is 20.5 Å². The van der Waals surface area contributed by atoms with Crippen molar-refractivity contribution in [1.29, 1.82) is 0 Å². The van der Waals surface area contributed by atoms with Crippen LogP contribution in [-0.2, 0) is 22.3 Å². The average Bonchev–Trinajstić information content (AvgIpc) is 2.62. The van der Waals surface area contributed by atoms with E-state index < -0.39 is 23.4 Å². The van der Waals surface area contributed by atoms with E-state index in [1.807, 2.05) is 0 Å². The number of alkyl carbamates (subject to hydrolysis) is 1. The van der Waals surface area contributed by atoms with Crippen molar-refractivity contribution in [3.63, 3.8) is 0 Å². The lowest BCUT2D eigenvalue weighted by atomic mass is 10.00. The maximum Gasteiger partial charge on any atom is 0.418 e. The number of alkyl halides is 3. The van der Waals surface area contributed by atoms with Crippen LogP contribution in [0.1, 0.15) is 38.3 Å². The molecule has 0 spiro atoms. The third-order valence-corrected chi connectivity index (χ3v) is 3.89. The molecule has 30 heavy (non-hydrogen) atoms. The fraction of sp³-hybridized carbons (Fsp3) is 0.429.